The van der Waals surface area contributed by atoms with Crippen LogP contribution in [-0.4, -0.2) is 26.8 Å². The van der Waals surface area contributed by atoms with Crippen molar-refractivity contribution in [2.24, 2.45) is 0 Å². The first kappa shape index (κ1) is 23.5. The third kappa shape index (κ3) is 6.17. The van der Waals surface area contributed by atoms with Crippen LogP contribution in [0.1, 0.15) is 15.9 Å². The van der Waals surface area contributed by atoms with Crippen molar-refractivity contribution in [2.75, 3.05) is 22.1 Å². The monoisotopic (exact) mass is 494 g/mol. The summed E-state index contributed by atoms with van der Waals surface area (Å²) in [7, 11) is -3.59. The highest BCUT2D eigenvalue weighted by Gasteiger charge is 2.19. The van der Waals surface area contributed by atoms with Crippen molar-refractivity contribution < 1.29 is 13.2 Å². The Hall–Kier alpha value is -2.19. The Kier molecular flexibility index (Phi) is 7.54. The van der Waals surface area contributed by atoms with Gasteiger partial charge in [-0.15, -0.1) is 11.8 Å². The van der Waals surface area contributed by atoms with E-state index in [4.69, 9.17) is 23.2 Å². The number of sulfonamides is 1. The molecule has 0 saturated carbocycles. The Balaban J connectivity index is 1.80. The minimum Gasteiger partial charge on any atom is -0.321 e. The summed E-state index contributed by atoms with van der Waals surface area (Å²) in [6, 6.07) is 18.9. The number of carbonyl (C=O) groups is 1. The van der Waals surface area contributed by atoms with E-state index in [0.717, 1.165) is 16.8 Å². The van der Waals surface area contributed by atoms with E-state index < -0.39 is 10.0 Å². The summed E-state index contributed by atoms with van der Waals surface area (Å²) >= 11 is 13.6. The van der Waals surface area contributed by atoms with E-state index in [2.05, 4.69) is 5.32 Å². The van der Waals surface area contributed by atoms with E-state index in [0.29, 0.717) is 26.9 Å². The van der Waals surface area contributed by atoms with Crippen LogP contribution in [0.3, 0.4) is 0 Å². The average molecular weight is 495 g/mol. The van der Waals surface area contributed by atoms with Gasteiger partial charge in [0.15, 0.2) is 0 Å². The molecule has 0 bridgehead atoms. The molecule has 0 radical (unpaired) electrons. The predicted molar refractivity (Wildman–Crippen MR) is 130 cm³/mol. The van der Waals surface area contributed by atoms with Crippen molar-refractivity contribution in [2.45, 2.75) is 11.4 Å². The molecule has 0 atom stereocenters. The van der Waals surface area contributed by atoms with Crippen molar-refractivity contribution in [3.05, 3.63) is 87.9 Å². The van der Waals surface area contributed by atoms with E-state index in [9.17, 15) is 13.2 Å². The number of hydrogen-bond acceptors (Lipinski definition) is 4. The summed E-state index contributed by atoms with van der Waals surface area (Å²) in [5.74, 6) is -0.241. The fourth-order valence-corrected chi connectivity index (χ4v) is 4.89. The molecule has 0 aliphatic rings. The third-order valence-electron chi connectivity index (χ3n) is 4.43. The van der Waals surface area contributed by atoms with Crippen molar-refractivity contribution >= 4 is 62.3 Å². The fraction of sp³-hybridized carbons (Fsp3) is 0.136. The van der Waals surface area contributed by atoms with Crippen LogP contribution in [0.4, 0.5) is 11.4 Å². The van der Waals surface area contributed by atoms with E-state index in [1.807, 2.05) is 30.5 Å². The van der Waals surface area contributed by atoms with E-state index in [1.165, 1.54) is 10.4 Å². The van der Waals surface area contributed by atoms with Crippen LogP contribution in [0.15, 0.2) is 71.6 Å². The SMILES string of the molecule is CSc1ccccc1NC(=O)c1ccc(CN(c2cc(Cl)cc(Cl)c2)S(C)(=O)=O)cc1. The van der Waals surface area contributed by atoms with Crippen molar-refractivity contribution in [1.82, 2.24) is 0 Å². The first-order chi connectivity index (χ1) is 14.7. The van der Waals surface area contributed by atoms with E-state index in [1.54, 1.807) is 48.2 Å². The molecule has 5 nitrogen and oxygen atoms in total. The van der Waals surface area contributed by atoms with Crippen LogP contribution in [0, 0.1) is 0 Å². The molecule has 3 aromatic rings. The number of carbonyl (C=O) groups excluding carboxylic acids is 1. The lowest BCUT2D eigenvalue weighted by molar-refractivity contribution is 0.102. The summed E-state index contributed by atoms with van der Waals surface area (Å²) in [5.41, 5.74) is 2.29. The van der Waals surface area contributed by atoms with Gasteiger partial charge in [-0.3, -0.25) is 9.10 Å². The third-order valence-corrected chi connectivity index (χ3v) is 6.81. The smallest absolute Gasteiger partial charge is 0.255 e. The average Bonchev–Trinajstić information content (AvgIpc) is 2.71. The van der Waals surface area contributed by atoms with Crippen LogP contribution in [0.25, 0.3) is 0 Å². The summed E-state index contributed by atoms with van der Waals surface area (Å²) < 4.78 is 26.0. The zero-order valence-electron chi connectivity index (χ0n) is 16.8. The molecule has 1 N–H and O–H groups in total. The van der Waals surface area contributed by atoms with Gasteiger partial charge >= 0.3 is 0 Å². The number of thioether (sulfide) groups is 1. The number of rotatable bonds is 7. The number of nitrogens with one attached hydrogen (secondary N) is 1. The van der Waals surface area contributed by atoms with Gasteiger partial charge in [-0.2, -0.15) is 0 Å². The number of amides is 1. The van der Waals surface area contributed by atoms with E-state index >= 15 is 0 Å². The highest BCUT2D eigenvalue weighted by Crippen LogP contribution is 2.29. The zero-order valence-corrected chi connectivity index (χ0v) is 19.9. The first-order valence-corrected chi connectivity index (χ1v) is 13.0. The van der Waals surface area contributed by atoms with Gasteiger partial charge in [-0.25, -0.2) is 8.42 Å². The van der Waals surface area contributed by atoms with Gasteiger partial charge in [-0.05, 0) is 54.3 Å². The largest absolute Gasteiger partial charge is 0.321 e. The normalized spacial score (nSPS) is 11.2. The second kappa shape index (κ2) is 9.96. The van der Waals surface area contributed by atoms with Gasteiger partial charge in [-0.1, -0.05) is 47.5 Å². The maximum absolute atomic E-state index is 12.6. The highest BCUT2D eigenvalue weighted by molar-refractivity contribution is 7.98. The van der Waals surface area contributed by atoms with Crippen molar-refractivity contribution in [1.29, 1.82) is 0 Å². The van der Waals surface area contributed by atoms with Crippen LogP contribution >= 0.6 is 35.0 Å². The number of hydrogen-bond donors (Lipinski definition) is 1. The minimum absolute atomic E-state index is 0.0761. The van der Waals surface area contributed by atoms with Crippen LogP contribution in [0.2, 0.25) is 10.0 Å². The predicted octanol–water partition coefficient (Wildman–Crippen LogP) is 5.93. The highest BCUT2D eigenvalue weighted by atomic mass is 35.5. The molecule has 0 spiro atoms. The van der Waals surface area contributed by atoms with Gasteiger partial charge < -0.3 is 5.32 Å². The Morgan fingerprint density at radius 1 is 1.00 bits per heavy atom. The second-order valence-corrected chi connectivity index (χ2v) is 10.4. The number of para-hydroxylation sites is 1. The van der Waals surface area contributed by atoms with Gasteiger partial charge in [0.05, 0.1) is 24.2 Å². The molecular formula is C22H20Cl2N2O3S2. The second-order valence-electron chi connectivity index (χ2n) is 6.75. The zero-order chi connectivity index (χ0) is 22.6. The van der Waals surface area contributed by atoms with E-state index in [-0.39, 0.29) is 12.5 Å². The molecular weight excluding hydrogens is 475 g/mol. The molecule has 0 saturated heterocycles. The topological polar surface area (TPSA) is 66.5 Å². The summed E-state index contributed by atoms with van der Waals surface area (Å²) in [5, 5.41) is 3.59. The molecule has 0 aliphatic carbocycles. The first-order valence-electron chi connectivity index (χ1n) is 9.14. The molecule has 0 aliphatic heterocycles. The standard InChI is InChI=1S/C22H20Cl2N2O3S2/c1-30-21-6-4-3-5-20(21)25-22(27)16-9-7-15(8-10-16)14-26(31(2,28)29)19-12-17(23)11-18(24)13-19/h3-13H,14H2,1-2H3,(H,25,27). The minimum atomic E-state index is -3.59. The quantitative estimate of drug-likeness (QED) is 0.413. The molecule has 162 valence electrons. The summed E-state index contributed by atoms with van der Waals surface area (Å²) in [4.78, 5) is 13.6. The van der Waals surface area contributed by atoms with Crippen LogP contribution in [-0.2, 0) is 16.6 Å². The summed E-state index contributed by atoms with van der Waals surface area (Å²) in [6.45, 7) is 0.0761. The molecule has 3 rings (SSSR count). The lowest BCUT2D eigenvalue weighted by Crippen LogP contribution is -2.29. The maximum Gasteiger partial charge on any atom is 0.255 e. The molecule has 0 fully saturated rings. The molecule has 31 heavy (non-hydrogen) atoms. The summed E-state index contributed by atoms with van der Waals surface area (Å²) in [6.07, 6.45) is 3.06. The Morgan fingerprint density at radius 2 is 1.61 bits per heavy atom. The van der Waals surface area contributed by atoms with Crippen LogP contribution in [0.5, 0.6) is 0 Å². The molecule has 0 heterocycles. The fourth-order valence-electron chi connectivity index (χ4n) is 2.95. The van der Waals surface area contributed by atoms with Crippen LogP contribution < -0.4 is 9.62 Å². The molecule has 9 heteroatoms. The number of benzene rings is 3. The maximum atomic E-state index is 12.6. The van der Waals surface area contributed by atoms with Crippen molar-refractivity contribution in [3.8, 4) is 0 Å². The molecule has 1 amide bonds. The molecule has 0 aromatic heterocycles. The van der Waals surface area contributed by atoms with Gasteiger partial charge in [0, 0.05) is 20.5 Å². The number of nitrogens with zero attached hydrogens (tertiary/aromatic N) is 1. The Morgan fingerprint density at radius 3 is 2.19 bits per heavy atom. The van der Waals surface area contributed by atoms with Gasteiger partial charge in [0.2, 0.25) is 10.0 Å². The molecule has 0 unspecified atom stereocenters. The molecule has 3 aromatic carbocycles. The van der Waals surface area contributed by atoms with Gasteiger partial charge in [0.1, 0.15) is 0 Å². The Bertz CT molecular complexity index is 1180. The lowest BCUT2D eigenvalue weighted by Gasteiger charge is -2.23. The number of halogens is 2. The number of anilines is 2. The lowest BCUT2D eigenvalue weighted by atomic mass is 10.1. The van der Waals surface area contributed by atoms with Gasteiger partial charge in [0.25, 0.3) is 5.91 Å². The Labute approximate surface area is 196 Å². The van der Waals surface area contributed by atoms with Crippen molar-refractivity contribution in [3.63, 3.8) is 0 Å².